The molecule has 0 fully saturated rings. The monoisotopic (exact) mass is 263 g/mol. The second-order valence-electron chi connectivity index (χ2n) is 4.34. The Morgan fingerprint density at radius 1 is 1.50 bits per heavy atom. The summed E-state index contributed by atoms with van der Waals surface area (Å²) in [6.45, 7) is 8.00. The zero-order valence-corrected chi connectivity index (χ0v) is 11.7. The lowest BCUT2D eigenvalue weighted by Crippen LogP contribution is -2.42. The van der Waals surface area contributed by atoms with Crippen LogP contribution >= 0.6 is 23.9 Å². The minimum absolute atomic E-state index is 0.0338. The molecule has 1 aliphatic rings. The van der Waals surface area contributed by atoms with Crippen LogP contribution < -0.4 is 0 Å². The SMILES string of the molecule is CC(C)N(C(=O)C1=CCC(SF)S1)C(C)C. The third-order valence-electron chi connectivity index (χ3n) is 2.41. The Bertz CT molecular complexity index is 284. The number of halogens is 1. The van der Waals surface area contributed by atoms with Gasteiger partial charge < -0.3 is 4.90 Å². The largest absolute Gasteiger partial charge is 0.333 e. The van der Waals surface area contributed by atoms with E-state index in [0.717, 1.165) is 0 Å². The van der Waals surface area contributed by atoms with Gasteiger partial charge >= 0.3 is 0 Å². The van der Waals surface area contributed by atoms with Crippen molar-refractivity contribution < 1.29 is 8.68 Å². The summed E-state index contributed by atoms with van der Waals surface area (Å²) in [4.78, 5) is 14.7. The number of rotatable bonds is 4. The van der Waals surface area contributed by atoms with E-state index in [1.165, 1.54) is 11.8 Å². The average Bonchev–Trinajstić information content (AvgIpc) is 2.64. The molecular formula is C11H18FNOS2. The van der Waals surface area contributed by atoms with E-state index in [9.17, 15) is 8.68 Å². The van der Waals surface area contributed by atoms with E-state index in [1.54, 1.807) is 0 Å². The van der Waals surface area contributed by atoms with Crippen molar-refractivity contribution in [3.8, 4) is 0 Å². The molecule has 0 spiro atoms. The van der Waals surface area contributed by atoms with Crippen molar-refractivity contribution in [3.05, 3.63) is 11.0 Å². The highest BCUT2D eigenvalue weighted by Crippen LogP contribution is 2.40. The second-order valence-corrected chi connectivity index (χ2v) is 6.63. The van der Waals surface area contributed by atoms with E-state index in [0.29, 0.717) is 23.5 Å². The normalized spacial score (nSPS) is 20.4. The topological polar surface area (TPSA) is 20.3 Å². The summed E-state index contributed by atoms with van der Waals surface area (Å²) in [7, 11) is 0. The molecule has 5 heteroatoms. The maximum atomic E-state index is 12.4. The van der Waals surface area contributed by atoms with Gasteiger partial charge in [-0.25, -0.2) is 0 Å². The maximum Gasteiger partial charge on any atom is 0.260 e. The van der Waals surface area contributed by atoms with Gasteiger partial charge in [0.25, 0.3) is 5.91 Å². The molecule has 0 radical (unpaired) electrons. The summed E-state index contributed by atoms with van der Waals surface area (Å²) < 4.78 is 12.3. The quantitative estimate of drug-likeness (QED) is 0.773. The van der Waals surface area contributed by atoms with Gasteiger partial charge in [-0.3, -0.25) is 4.79 Å². The van der Waals surface area contributed by atoms with Crippen LogP contribution in [-0.4, -0.2) is 27.5 Å². The van der Waals surface area contributed by atoms with Gasteiger partial charge in [0.2, 0.25) is 0 Å². The molecule has 92 valence electrons. The Hall–Kier alpha value is -0.160. The summed E-state index contributed by atoms with van der Waals surface area (Å²) in [6, 6.07) is 0.345. The Morgan fingerprint density at radius 2 is 2.06 bits per heavy atom. The Labute approximate surface area is 105 Å². The molecule has 0 bridgehead atoms. The van der Waals surface area contributed by atoms with E-state index >= 15 is 0 Å². The number of hydrogen-bond donors (Lipinski definition) is 0. The molecule has 1 rings (SSSR count). The van der Waals surface area contributed by atoms with Crippen LogP contribution in [0.3, 0.4) is 0 Å². The molecule has 0 saturated carbocycles. The molecule has 0 N–H and O–H groups in total. The first kappa shape index (κ1) is 13.9. The van der Waals surface area contributed by atoms with E-state index in [4.69, 9.17) is 0 Å². The summed E-state index contributed by atoms with van der Waals surface area (Å²) in [5.41, 5.74) is 0. The van der Waals surface area contributed by atoms with Crippen molar-refractivity contribution >= 4 is 29.8 Å². The minimum Gasteiger partial charge on any atom is -0.333 e. The van der Waals surface area contributed by atoms with Gasteiger partial charge in [0.05, 0.1) is 21.6 Å². The van der Waals surface area contributed by atoms with Crippen LogP contribution in [0.4, 0.5) is 3.89 Å². The highest BCUT2D eigenvalue weighted by atomic mass is 32.2. The zero-order valence-electron chi connectivity index (χ0n) is 10.1. The predicted octanol–water partition coefficient (Wildman–Crippen LogP) is 3.60. The van der Waals surface area contributed by atoms with Gasteiger partial charge in [0.1, 0.15) is 0 Å². The van der Waals surface area contributed by atoms with Gasteiger partial charge in [0, 0.05) is 12.1 Å². The molecule has 1 heterocycles. The Kier molecular flexibility index (Phi) is 5.18. The fourth-order valence-corrected chi connectivity index (χ4v) is 3.33. The molecule has 0 aromatic heterocycles. The Balaban J connectivity index is 2.70. The van der Waals surface area contributed by atoms with E-state index in [2.05, 4.69) is 0 Å². The maximum absolute atomic E-state index is 12.4. The van der Waals surface area contributed by atoms with E-state index in [1.807, 2.05) is 38.7 Å². The minimum atomic E-state index is -0.139. The lowest BCUT2D eigenvalue weighted by molar-refractivity contribution is -0.129. The molecule has 0 saturated heterocycles. The van der Waals surface area contributed by atoms with Crippen molar-refractivity contribution in [2.24, 2.45) is 0 Å². The van der Waals surface area contributed by atoms with Gasteiger partial charge in [-0.15, -0.1) is 11.8 Å². The molecule has 0 aromatic rings. The molecule has 2 nitrogen and oxygen atoms in total. The van der Waals surface area contributed by atoms with Crippen molar-refractivity contribution in [1.82, 2.24) is 4.90 Å². The number of nitrogens with zero attached hydrogens (tertiary/aromatic N) is 1. The predicted molar refractivity (Wildman–Crippen MR) is 69.9 cm³/mol. The summed E-state index contributed by atoms with van der Waals surface area (Å²) in [5, 5.41) is 0. The molecule has 16 heavy (non-hydrogen) atoms. The van der Waals surface area contributed by atoms with Gasteiger partial charge in [-0.1, -0.05) is 6.08 Å². The fourth-order valence-electron chi connectivity index (χ4n) is 1.83. The number of carbonyl (C=O) groups is 1. The highest BCUT2D eigenvalue weighted by Gasteiger charge is 2.29. The lowest BCUT2D eigenvalue weighted by Gasteiger charge is -2.31. The first-order valence-corrected chi connectivity index (χ1v) is 7.10. The second kappa shape index (κ2) is 5.96. The van der Waals surface area contributed by atoms with Crippen LogP contribution in [0.5, 0.6) is 0 Å². The highest BCUT2D eigenvalue weighted by molar-refractivity contribution is 8.17. The smallest absolute Gasteiger partial charge is 0.260 e. The summed E-state index contributed by atoms with van der Waals surface area (Å²) in [6.07, 6.45) is 2.49. The average molecular weight is 263 g/mol. The number of thioether (sulfide) groups is 1. The molecule has 0 aromatic carbocycles. The molecule has 0 aliphatic carbocycles. The standard InChI is InChI=1S/C11H18FNOS2/c1-7(2)13(8(3)4)11(14)9-5-6-10(15-9)16-12/h5,7-8,10H,6H2,1-4H3. The molecule has 1 unspecified atom stereocenters. The molecular weight excluding hydrogens is 245 g/mol. The van der Waals surface area contributed by atoms with Crippen molar-refractivity contribution in [1.29, 1.82) is 0 Å². The first-order valence-electron chi connectivity index (χ1n) is 5.44. The van der Waals surface area contributed by atoms with Crippen LogP contribution in [0.15, 0.2) is 11.0 Å². The van der Waals surface area contributed by atoms with Crippen molar-refractivity contribution in [2.75, 3.05) is 0 Å². The van der Waals surface area contributed by atoms with Gasteiger partial charge in [-0.2, -0.15) is 3.89 Å². The fraction of sp³-hybridized carbons (Fsp3) is 0.727. The molecule has 1 amide bonds. The summed E-state index contributed by atoms with van der Waals surface area (Å²) >= 11 is 1.66. The number of carbonyl (C=O) groups excluding carboxylic acids is 1. The Morgan fingerprint density at radius 3 is 2.44 bits per heavy atom. The van der Waals surface area contributed by atoms with Crippen molar-refractivity contribution in [2.45, 2.75) is 50.8 Å². The molecule has 1 aliphatic heterocycles. The zero-order chi connectivity index (χ0) is 12.3. The number of allylic oxidation sites excluding steroid dienone is 1. The third-order valence-corrected chi connectivity index (χ3v) is 4.36. The van der Waals surface area contributed by atoms with Crippen LogP contribution in [0.2, 0.25) is 0 Å². The van der Waals surface area contributed by atoms with Crippen LogP contribution in [0.25, 0.3) is 0 Å². The number of amides is 1. The number of hydrogen-bond acceptors (Lipinski definition) is 3. The first-order chi connectivity index (χ1) is 7.47. The van der Waals surface area contributed by atoms with Crippen LogP contribution in [0.1, 0.15) is 34.1 Å². The lowest BCUT2D eigenvalue weighted by atomic mass is 10.2. The summed E-state index contributed by atoms with van der Waals surface area (Å²) in [5.74, 6) is 0.0338. The molecule has 1 atom stereocenters. The van der Waals surface area contributed by atoms with E-state index < -0.39 is 0 Å². The van der Waals surface area contributed by atoms with Crippen LogP contribution in [0, 0.1) is 0 Å². The van der Waals surface area contributed by atoms with Crippen LogP contribution in [-0.2, 0) is 4.79 Å². The van der Waals surface area contributed by atoms with Gasteiger partial charge in [-0.05, 0) is 34.1 Å². The van der Waals surface area contributed by atoms with Gasteiger partial charge in [0.15, 0.2) is 0 Å². The van der Waals surface area contributed by atoms with Crippen molar-refractivity contribution in [3.63, 3.8) is 0 Å². The third kappa shape index (κ3) is 3.17. The van der Waals surface area contributed by atoms with E-state index in [-0.39, 0.29) is 22.6 Å².